The van der Waals surface area contributed by atoms with Crippen LogP contribution in [0.1, 0.15) is 26.7 Å². The fourth-order valence-corrected chi connectivity index (χ4v) is 2.18. The Morgan fingerprint density at radius 3 is 2.42 bits per heavy atom. The second-order valence-corrected chi connectivity index (χ2v) is 4.50. The van der Waals surface area contributed by atoms with Gasteiger partial charge in [0.15, 0.2) is 0 Å². The minimum atomic E-state index is 0.00752. The Morgan fingerprint density at radius 1 is 1.26 bits per heavy atom. The van der Waals surface area contributed by atoms with Gasteiger partial charge in [-0.25, -0.2) is 0 Å². The molecular weight excluding hydrogens is 240 g/mol. The van der Waals surface area contributed by atoms with E-state index in [0.717, 1.165) is 18.5 Å². The number of anilines is 1. The Morgan fingerprint density at radius 2 is 1.89 bits per heavy atom. The number of benzene rings is 1. The molecule has 4 heteroatoms. The number of carbonyl (C=O) groups is 1. The summed E-state index contributed by atoms with van der Waals surface area (Å²) in [6.07, 6.45) is 1.82. The van der Waals surface area contributed by atoms with Crippen LogP contribution in [0.25, 0.3) is 0 Å². The van der Waals surface area contributed by atoms with Gasteiger partial charge in [-0.15, -0.1) is 0 Å². The molecule has 0 unspecified atom stereocenters. The van der Waals surface area contributed by atoms with Crippen LogP contribution < -0.4 is 5.32 Å². The maximum Gasteiger partial charge on any atom is 0.242 e. The molecule has 0 fully saturated rings. The van der Waals surface area contributed by atoms with E-state index >= 15 is 0 Å². The first-order valence-electron chi connectivity index (χ1n) is 6.92. The average Bonchev–Trinajstić information content (AvgIpc) is 2.46. The molecular formula is C15H24N2O2. The highest BCUT2D eigenvalue weighted by Crippen LogP contribution is 2.10. The Balaban J connectivity index is 2.57. The molecule has 19 heavy (non-hydrogen) atoms. The van der Waals surface area contributed by atoms with E-state index in [1.807, 2.05) is 30.3 Å². The predicted octanol–water partition coefficient (Wildman–Crippen LogP) is 2.11. The maximum atomic E-state index is 12.2. The Bertz CT molecular complexity index is 364. The van der Waals surface area contributed by atoms with E-state index in [9.17, 15) is 4.79 Å². The number of rotatable bonds is 8. The summed E-state index contributed by atoms with van der Waals surface area (Å²) in [6.45, 7) is 4.81. The summed E-state index contributed by atoms with van der Waals surface area (Å²) < 4.78 is 0. The summed E-state index contributed by atoms with van der Waals surface area (Å²) >= 11 is 0. The monoisotopic (exact) mass is 264 g/mol. The van der Waals surface area contributed by atoms with E-state index in [0.29, 0.717) is 6.54 Å². The van der Waals surface area contributed by atoms with Gasteiger partial charge >= 0.3 is 0 Å². The topological polar surface area (TPSA) is 52.6 Å². The number of nitrogens with zero attached hydrogens (tertiary/aromatic N) is 1. The molecule has 0 aliphatic heterocycles. The number of hydrogen-bond acceptors (Lipinski definition) is 3. The fourth-order valence-electron chi connectivity index (χ4n) is 2.18. The lowest BCUT2D eigenvalue weighted by atomic mass is 10.1. The summed E-state index contributed by atoms with van der Waals surface area (Å²) in [5.41, 5.74) is 0.935. The number of amides is 1. The fraction of sp³-hybridized carbons (Fsp3) is 0.533. The van der Waals surface area contributed by atoms with E-state index in [1.54, 1.807) is 4.90 Å². The molecule has 0 aliphatic rings. The van der Waals surface area contributed by atoms with Crippen molar-refractivity contribution in [3.05, 3.63) is 30.3 Å². The predicted molar refractivity (Wildman–Crippen MR) is 78.1 cm³/mol. The minimum Gasteiger partial charge on any atom is -0.395 e. The Labute approximate surface area is 115 Å². The Hall–Kier alpha value is -1.55. The first kappa shape index (κ1) is 15.5. The second kappa shape index (κ2) is 8.53. The lowest BCUT2D eigenvalue weighted by Gasteiger charge is -2.30. The Kier molecular flexibility index (Phi) is 6.97. The zero-order valence-electron chi connectivity index (χ0n) is 11.8. The molecule has 4 nitrogen and oxygen atoms in total. The maximum absolute atomic E-state index is 12.2. The quantitative estimate of drug-likeness (QED) is 0.756. The van der Waals surface area contributed by atoms with Crippen molar-refractivity contribution in [3.8, 4) is 0 Å². The summed E-state index contributed by atoms with van der Waals surface area (Å²) in [5, 5.41) is 12.2. The highest BCUT2D eigenvalue weighted by atomic mass is 16.3. The van der Waals surface area contributed by atoms with E-state index < -0.39 is 0 Å². The third kappa shape index (κ3) is 4.91. The van der Waals surface area contributed by atoms with Crippen molar-refractivity contribution in [2.24, 2.45) is 0 Å². The van der Waals surface area contributed by atoms with Crippen LogP contribution in [0.3, 0.4) is 0 Å². The van der Waals surface area contributed by atoms with Crippen LogP contribution in [-0.2, 0) is 4.79 Å². The molecule has 0 aromatic heterocycles. The molecule has 1 aromatic rings. The van der Waals surface area contributed by atoms with Crippen molar-refractivity contribution in [1.29, 1.82) is 0 Å². The van der Waals surface area contributed by atoms with E-state index in [2.05, 4.69) is 19.2 Å². The molecule has 0 aliphatic carbocycles. The van der Waals surface area contributed by atoms with Crippen LogP contribution in [0.2, 0.25) is 0 Å². The van der Waals surface area contributed by atoms with Crippen LogP contribution in [0.15, 0.2) is 30.3 Å². The molecule has 1 amide bonds. The number of hydrogen-bond donors (Lipinski definition) is 2. The van der Waals surface area contributed by atoms with Gasteiger partial charge in [-0.2, -0.15) is 0 Å². The highest BCUT2D eigenvalue weighted by molar-refractivity contribution is 5.81. The number of nitrogens with one attached hydrogen (secondary N) is 1. The van der Waals surface area contributed by atoms with Gasteiger partial charge in [0, 0.05) is 18.3 Å². The van der Waals surface area contributed by atoms with Crippen molar-refractivity contribution >= 4 is 11.6 Å². The zero-order chi connectivity index (χ0) is 14.1. The van der Waals surface area contributed by atoms with Crippen molar-refractivity contribution in [2.75, 3.05) is 25.0 Å². The van der Waals surface area contributed by atoms with Gasteiger partial charge in [-0.05, 0) is 25.0 Å². The zero-order valence-corrected chi connectivity index (χ0v) is 11.8. The standard InChI is InChI=1S/C15H24N2O2/c1-3-14(4-2)17(10-11-18)15(19)12-16-13-8-6-5-7-9-13/h5-9,14,16,18H,3-4,10-12H2,1-2H3. The normalized spacial score (nSPS) is 10.5. The molecule has 0 saturated carbocycles. The molecule has 0 atom stereocenters. The van der Waals surface area contributed by atoms with Gasteiger partial charge in [0.05, 0.1) is 13.2 Å². The molecule has 0 saturated heterocycles. The van der Waals surface area contributed by atoms with Crippen LogP contribution in [0, 0.1) is 0 Å². The summed E-state index contributed by atoms with van der Waals surface area (Å²) in [6, 6.07) is 9.87. The third-order valence-corrected chi connectivity index (χ3v) is 3.26. The first-order valence-corrected chi connectivity index (χ1v) is 6.92. The summed E-state index contributed by atoms with van der Waals surface area (Å²) in [7, 11) is 0. The van der Waals surface area contributed by atoms with Crippen molar-refractivity contribution < 1.29 is 9.90 Å². The summed E-state index contributed by atoms with van der Waals surface area (Å²) in [5.74, 6) is 0.0339. The van der Waals surface area contributed by atoms with Gasteiger partial charge < -0.3 is 15.3 Å². The minimum absolute atomic E-state index is 0.00752. The van der Waals surface area contributed by atoms with Crippen LogP contribution in [-0.4, -0.2) is 41.7 Å². The third-order valence-electron chi connectivity index (χ3n) is 3.26. The first-order chi connectivity index (χ1) is 9.22. The summed E-state index contributed by atoms with van der Waals surface area (Å²) in [4.78, 5) is 14.0. The largest absolute Gasteiger partial charge is 0.395 e. The average molecular weight is 264 g/mol. The molecule has 0 heterocycles. The molecule has 2 N–H and O–H groups in total. The number of carbonyl (C=O) groups excluding carboxylic acids is 1. The number of para-hydroxylation sites is 1. The molecule has 0 bridgehead atoms. The van der Waals surface area contributed by atoms with E-state index in [-0.39, 0.29) is 25.1 Å². The van der Waals surface area contributed by atoms with Gasteiger partial charge in [-0.3, -0.25) is 4.79 Å². The highest BCUT2D eigenvalue weighted by Gasteiger charge is 2.19. The van der Waals surface area contributed by atoms with Crippen molar-refractivity contribution in [1.82, 2.24) is 4.90 Å². The van der Waals surface area contributed by atoms with Crippen LogP contribution in [0.5, 0.6) is 0 Å². The lowest BCUT2D eigenvalue weighted by Crippen LogP contribution is -2.44. The smallest absolute Gasteiger partial charge is 0.242 e. The molecule has 106 valence electrons. The second-order valence-electron chi connectivity index (χ2n) is 4.50. The molecule has 1 aromatic carbocycles. The van der Waals surface area contributed by atoms with E-state index in [4.69, 9.17) is 5.11 Å². The molecule has 0 spiro atoms. The van der Waals surface area contributed by atoms with Gasteiger partial charge in [-0.1, -0.05) is 32.0 Å². The van der Waals surface area contributed by atoms with Crippen LogP contribution >= 0.6 is 0 Å². The number of aliphatic hydroxyl groups is 1. The SMILES string of the molecule is CCC(CC)N(CCO)C(=O)CNc1ccccc1. The lowest BCUT2D eigenvalue weighted by molar-refractivity contribution is -0.132. The van der Waals surface area contributed by atoms with Gasteiger partial charge in [0.1, 0.15) is 0 Å². The van der Waals surface area contributed by atoms with Crippen molar-refractivity contribution in [3.63, 3.8) is 0 Å². The number of aliphatic hydroxyl groups excluding tert-OH is 1. The molecule has 0 radical (unpaired) electrons. The molecule has 1 rings (SSSR count). The van der Waals surface area contributed by atoms with Crippen molar-refractivity contribution in [2.45, 2.75) is 32.7 Å². The van der Waals surface area contributed by atoms with E-state index in [1.165, 1.54) is 0 Å². The van der Waals surface area contributed by atoms with Gasteiger partial charge in [0.25, 0.3) is 0 Å². The van der Waals surface area contributed by atoms with Crippen LogP contribution in [0.4, 0.5) is 5.69 Å². The van der Waals surface area contributed by atoms with Gasteiger partial charge in [0.2, 0.25) is 5.91 Å².